The van der Waals surface area contributed by atoms with Crippen LogP contribution in [0.1, 0.15) is 0 Å². The van der Waals surface area contributed by atoms with Crippen molar-refractivity contribution in [2.45, 2.75) is 0 Å². The minimum Gasteiger partial charge on any atom is -0.549 e. The Morgan fingerprint density at radius 3 is 0.329 bits per heavy atom. The molecule has 51 heteroatoms. The molecule has 0 fully saturated rings. The fourth-order valence-corrected chi connectivity index (χ4v) is 4.32. The molecule has 0 atom stereocenters. The minimum absolute atomic E-state index is 0. The number of carbonyl (C=O) groups is 13. The average molecular weight is 1470 g/mol. The van der Waals surface area contributed by atoms with Crippen LogP contribution in [0.2, 0.25) is 0 Å². The molecule has 0 amide bonds. The second kappa shape index (κ2) is 90.0. The summed E-state index contributed by atoms with van der Waals surface area (Å²) in [6.45, 7) is -7.75. The van der Waals surface area contributed by atoms with Crippen LogP contribution in [0.25, 0.3) is 0 Å². The number of hydrogen-bond donors (Lipinski definition) is 8. The van der Waals surface area contributed by atoms with Crippen molar-refractivity contribution in [3.8, 4) is 0 Å². The van der Waals surface area contributed by atoms with Crippen molar-refractivity contribution >= 4 is 128 Å². The van der Waals surface area contributed by atoms with Crippen molar-refractivity contribution < 1.29 is 347 Å². The van der Waals surface area contributed by atoms with Gasteiger partial charge in [0.15, 0.2) is 49.3 Å². The van der Waals surface area contributed by atoms with Gasteiger partial charge in [0.25, 0.3) is 0 Å². The quantitative estimate of drug-likeness (QED) is 0.0223. The molecule has 8 N–H and O–H groups in total. The molecule has 0 aromatic rings. The van der Waals surface area contributed by atoms with Crippen LogP contribution in [-0.4, -0.2) is 262 Å². The molecule has 0 aromatic heterocycles. The molecule has 82 heavy (non-hydrogen) atoms. The number of carboxylic acids is 12. The van der Waals surface area contributed by atoms with E-state index in [1.54, 1.807) is 0 Å². The first-order chi connectivity index (χ1) is 34.3. The van der Waals surface area contributed by atoms with Gasteiger partial charge in [-0.15, -0.1) is 0 Å². The summed E-state index contributed by atoms with van der Waals surface area (Å²) < 4.78 is 56.3. The first kappa shape index (κ1) is 124. The molecule has 0 saturated carbocycles. The predicted molar refractivity (Wildman–Crippen MR) is 217 cm³/mol. The number of hydrogen-bond acceptors (Lipinski definition) is 43. The number of nitrogens with zero attached hydrogens (tertiary/aromatic N) is 6. The summed E-state index contributed by atoms with van der Waals surface area (Å²) in [5.74, 6) is -18.4. The van der Waals surface area contributed by atoms with Gasteiger partial charge in [-0.3, -0.25) is 29.4 Å². The Hall–Kier alpha value is 0.228. The maximum absolute atomic E-state index is 10.4. The van der Waals surface area contributed by atoms with E-state index in [1.165, 1.54) is 0 Å². The third-order valence-electron chi connectivity index (χ3n) is 6.43. The fourth-order valence-electron chi connectivity index (χ4n) is 4.32. The molecule has 0 aliphatic heterocycles. The molecule has 0 rings (SSSR count). The average Bonchev–Trinajstić information content (AvgIpc) is 3.21. The van der Waals surface area contributed by atoms with E-state index < -0.39 is 150 Å². The second-order valence-electron chi connectivity index (χ2n) is 12.1. The van der Waals surface area contributed by atoms with Crippen molar-refractivity contribution in [3.05, 3.63) is 0 Å². The van der Waals surface area contributed by atoms with Gasteiger partial charge in [-0.2, -0.15) is 0 Å². The van der Waals surface area contributed by atoms with Crippen LogP contribution < -0.4 is 180 Å². The molecule has 0 saturated heterocycles. The Morgan fingerprint density at radius 1 is 0.244 bits per heavy atom. The molecule has 457 valence electrons. The van der Waals surface area contributed by atoms with Crippen LogP contribution in [0.4, 0.5) is 0 Å². The van der Waals surface area contributed by atoms with Crippen molar-refractivity contribution in [2.75, 3.05) is 118 Å². The first-order valence-electron chi connectivity index (χ1n) is 18.1. The van der Waals surface area contributed by atoms with E-state index >= 15 is 0 Å². The number of rotatable bonds is 33. The standard InChI is InChI=1S/3C10H16N2O8.CH2O.4Fe.4Na.4H2O2S/c3*13-7(14)3-11(4-8(15)16)1-2-12(5-9(17)18)6-10(19)20;1-2;;;;;;;;;4*1-3-2/h3*1-6H2,(H,13,14)(H,15,16)(H,17,18)(H,19,20);1H2;;;;;;;;;4*1-2H/q;;;;;3*+3;4*+1;;;;/p-12. The van der Waals surface area contributed by atoms with E-state index in [2.05, 4.69) is 0 Å². The van der Waals surface area contributed by atoms with Gasteiger partial charge in [0.05, 0.1) is 71.6 Å². The number of aliphatic carboxylic acids is 12. The van der Waals surface area contributed by atoms with Crippen LogP contribution >= 0.6 is 49.3 Å². The summed E-state index contributed by atoms with van der Waals surface area (Å²) in [5.41, 5.74) is 0. The van der Waals surface area contributed by atoms with Gasteiger partial charge in [-0.05, 0) is 0 Å². The molecule has 0 aliphatic rings. The zero-order valence-corrected chi connectivity index (χ0v) is 58.6. The Morgan fingerprint density at radius 2 is 0.293 bits per heavy atom. The summed E-state index contributed by atoms with van der Waals surface area (Å²) in [6, 6.07) is 0. The topological polar surface area (TPSA) is 680 Å². The third-order valence-corrected chi connectivity index (χ3v) is 6.43. The molecule has 0 aliphatic carbocycles. The Bertz CT molecular complexity index is 1270. The molecule has 0 heterocycles. The van der Waals surface area contributed by atoms with Gasteiger partial charge in [0, 0.05) is 135 Å². The summed E-state index contributed by atoms with van der Waals surface area (Å²) in [7, 11) is 0. The Balaban J connectivity index is -0.0000000487. The Labute approximate surface area is 613 Å². The molecule has 3 radical (unpaired) electrons. The monoisotopic (exact) mass is 1470 g/mol. The van der Waals surface area contributed by atoms with Crippen LogP contribution in [0.3, 0.4) is 0 Å². The van der Waals surface area contributed by atoms with Gasteiger partial charge in [-0.1, -0.05) is 0 Å². The molecule has 39 nitrogen and oxygen atoms in total. The third kappa shape index (κ3) is 126. The van der Waals surface area contributed by atoms with Crippen LogP contribution in [0.15, 0.2) is 0 Å². The van der Waals surface area contributed by atoms with E-state index in [4.69, 9.17) is 41.2 Å². The van der Waals surface area contributed by atoms with Gasteiger partial charge >= 0.3 is 169 Å². The van der Waals surface area contributed by atoms with E-state index in [0.717, 1.165) is 29.4 Å². The predicted octanol–water partition coefficient (Wildman–Crippen LogP) is -31.7. The molecule has 0 aromatic carbocycles. The van der Waals surface area contributed by atoms with E-state index in [-0.39, 0.29) is 275 Å². The smallest absolute Gasteiger partial charge is 0.549 e. The molecule has 0 spiro atoms. The van der Waals surface area contributed by atoms with Gasteiger partial charge in [0.2, 0.25) is 0 Å². The molecular weight excluding hydrogens is 1430 g/mol. The summed E-state index contributed by atoms with van der Waals surface area (Å²) in [4.78, 5) is 138. The first-order valence-corrected chi connectivity index (χ1v) is 21.0. The van der Waals surface area contributed by atoms with Gasteiger partial charge in [0.1, 0.15) is 6.79 Å². The largest absolute Gasteiger partial charge is 3.00 e. The van der Waals surface area contributed by atoms with E-state index in [1.807, 2.05) is 6.79 Å². The molecule has 0 bridgehead atoms. The van der Waals surface area contributed by atoms with Crippen LogP contribution in [0.5, 0.6) is 0 Å². The van der Waals surface area contributed by atoms with Crippen LogP contribution in [0, 0.1) is 0 Å². The number of carboxylic acid groups (broad SMARTS) is 12. The summed E-state index contributed by atoms with van der Waals surface area (Å²) in [5, 5.41) is 125. The second-order valence-corrected chi connectivity index (χ2v) is 12.7. The SMILES string of the molecule is C=O.O=C([O-])CN(CCN(CC(=O)[O-])CC(=O)[O-])CC(=O)[O-].O=C([O-])CN(CCN(CC(=O)[O-])CC(=O)[O-])CC(=O)[O-].O=C([O-])CN(CCN(CC(=O)[O-])CC(=O)[O-])CC(=O)[O-].OSO.OSO.OSO.OSO.[Fe+3].[Fe+3].[Fe+3].[Fe].[Na+].[Na+].[Na+].[Na+]. The zero-order valence-electron chi connectivity index (χ0n) is 42.9. The van der Waals surface area contributed by atoms with Crippen molar-refractivity contribution in [1.82, 2.24) is 29.4 Å². The molecule has 0 unspecified atom stereocenters. The zero-order chi connectivity index (χ0) is 59.9. The molecular formula is C31H46Fe4N6Na4O33S4+. The van der Waals surface area contributed by atoms with Crippen molar-refractivity contribution in [1.29, 1.82) is 0 Å². The van der Waals surface area contributed by atoms with E-state index in [9.17, 15) is 119 Å². The van der Waals surface area contributed by atoms with E-state index in [0.29, 0.717) is 0 Å². The minimum atomic E-state index is -1.53. The van der Waals surface area contributed by atoms with Crippen LogP contribution in [-0.2, 0) is 131 Å². The van der Waals surface area contributed by atoms with Crippen molar-refractivity contribution in [3.63, 3.8) is 0 Å². The maximum atomic E-state index is 10.4. The van der Waals surface area contributed by atoms with Gasteiger partial charge < -0.3 is 160 Å². The van der Waals surface area contributed by atoms with Gasteiger partial charge in [-0.25, -0.2) is 0 Å². The summed E-state index contributed by atoms with van der Waals surface area (Å²) >= 11 is -1.00. The fraction of sp³-hybridized carbons (Fsp3) is 0.581. The Kier molecular flexibility index (Phi) is 136. The summed E-state index contributed by atoms with van der Waals surface area (Å²) in [6.07, 6.45) is 0. The number of carbonyl (C=O) groups excluding carboxylic acids is 13. The normalized spacial score (nSPS) is 8.76. The maximum Gasteiger partial charge on any atom is 3.00 e. The van der Waals surface area contributed by atoms with Crippen molar-refractivity contribution in [2.24, 2.45) is 0 Å².